The molecule has 1 amide bonds. The lowest BCUT2D eigenvalue weighted by Crippen LogP contribution is -2.29. The number of carbonyl (C=O) groups is 1. The van der Waals surface area contributed by atoms with Crippen molar-refractivity contribution in [2.24, 2.45) is 0 Å². The van der Waals surface area contributed by atoms with E-state index in [1.807, 2.05) is 25.1 Å². The number of anilines is 2. The van der Waals surface area contributed by atoms with Gasteiger partial charge in [-0.1, -0.05) is 6.07 Å². The van der Waals surface area contributed by atoms with Crippen molar-refractivity contribution in [3.63, 3.8) is 0 Å². The fourth-order valence-electron chi connectivity index (χ4n) is 2.65. The topological polar surface area (TPSA) is 62.2 Å². The molecule has 1 aliphatic rings. The van der Waals surface area contributed by atoms with Gasteiger partial charge in [-0.05, 0) is 43.5 Å². The summed E-state index contributed by atoms with van der Waals surface area (Å²) in [6.45, 7) is 3.94. The van der Waals surface area contributed by atoms with Gasteiger partial charge in [-0.25, -0.2) is 4.98 Å². The summed E-state index contributed by atoms with van der Waals surface area (Å²) in [4.78, 5) is 20.5. The highest BCUT2D eigenvalue weighted by Crippen LogP contribution is 2.19. The first-order chi connectivity index (χ1) is 10.7. The van der Waals surface area contributed by atoms with E-state index in [4.69, 9.17) is 0 Å². The van der Waals surface area contributed by atoms with E-state index in [9.17, 15) is 4.79 Å². The van der Waals surface area contributed by atoms with E-state index in [1.165, 1.54) is 17.7 Å². The quantitative estimate of drug-likeness (QED) is 0.867. The van der Waals surface area contributed by atoms with Crippen molar-refractivity contribution >= 4 is 17.5 Å². The third-order valence-electron chi connectivity index (χ3n) is 3.90. The fourth-order valence-corrected chi connectivity index (χ4v) is 2.65. The number of hydrogen-bond acceptors (Lipinski definition) is 5. The maximum atomic E-state index is 12.5. The zero-order valence-electron chi connectivity index (χ0n) is 12.9. The first-order valence-corrected chi connectivity index (χ1v) is 7.45. The second-order valence-electron chi connectivity index (χ2n) is 5.48. The number of pyridine rings is 1. The fraction of sp³-hybridized carbons (Fsp3) is 0.375. The molecule has 0 aliphatic carbocycles. The first-order valence-electron chi connectivity index (χ1n) is 7.45. The molecule has 0 bridgehead atoms. The monoisotopic (exact) mass is 297 g/mol. The van der Waals surface area contributed by atoms with Crippen LogP contribution in [0.15, 0.2) is 30.5 Å². The van der Waals surface area contributed by atoms with Crippen LogP contribution in [-0.2, 0) is 0 Å². The van der Waals surface area contributed by atoms with Crippen LogP contribution < -0.4 is 9.80 Å². The predicted octanol–water partition coefficient (Wildman–Crippen LogP) is 2.06. The molecule has 22 heavy (non-hydrogen) atoms. The van der Waals surface area contributed by atoms with Gasteiger partial charge in [0.15, 0.2) is 11.5 Å². The van der Waals surface area contributed by atoms with Gasteiger partial charge in [-0.2, -0.15) is 0 Å². The molecule has 6 nitrogen and oxygen atoms in total. The summed E-state index contributed by atoms with van der Waals surface area (Å²) < 4.78 is 0. The van der Waals surface area contributed by atoms with E-state index in [2.05, 4.69) is 20.1 Å². The van der Waals surface area contributed by atoms with E-state index < -0.39 is 0 Å². The summed E-state index contributed by atoms with van der Waals surface area (Å²) in [6.07, 6.45) is 4.04. The molecular formula is C16H19N5O. The van der Waals surface area contributed by atoms with Crippen LogP contribution in [0.4, 0.5) is 11.6 Å². The Morgan fingerprint density at radius 3 is 2.59 bits per heavy atom. The Morgan fingerprint density at radius 1 is 1.18 bits per heavy atom. The van der Waals surface area contributed by atoms with Crippen LogP contribution in [0.3, 0.4) is 0 Å². The molecule has 0 atom stereocenters. The van der Waals surface area contributed by atoms with E-state index in [-0.39, 0.29) is 5.91 Å². The van der Waals surface area contributed by atoms with Crippen molar-refractivity contribution in [1.29, 1.82) is 0 Å². The Bertz CT molecular complexity index is 664. The van der Waals surface area contributed by atoms with Crippen molar-refractivity contribution in [2.45, 2.75) is 19.8 Å². The molecule has 3 heterocycles. The number of rotatable bonds is 3. The minimum absolute atomic E-state index is 0.206. The lowest BCUT2D eigenvalue weighted by atomic mass is 10.2. The van der Waals surface area contributed by atoms with Gasteiger partial charge in [0.1, 0.15) is 5.82 Å². The van der Waals surface area contributed by atoms with Crippen LogP contribution in [0.5, 0.6) is 0 Å². The van der Waals surface area contributed by atoms with Gasteiger partial charge in [0.05, 0.1) is 0 Å². The standard InChI is InChI=1S/C16H19N5O/c1-12-6-5-9-17-15(12)20(2)16(22)13-7-8-14(19-18-13)21-10-3-4-11-21/h5-9H,3-4,10-11H2,1-2H3. The summed E-state index contributed by atoms with van der Waals surface area (Å²) in [5.74, 6) is 1.27. The molecule has 0 aromatic carbocycles. The highest BCUT2D eigenvalue weighted by atomic mass is 16.2. The van der Waals surface area contributed by atoms with Crippen LogP contribution >= 0.6 is 0 Å². The maximum Gasteiger partial charge on any atom is 0.279 e. The number of hydrogen-bond donors (Lipinski definition) is 0. The number of carbonyl (C=O) groups excluding carboxylic acids is 1. The van der Waals surface area contributed by atoms with E-state index in [0.29, 0.717) is 11.5 Å². The molecule has 0 radical (unpaired) electrons. The second-order valence-corrected chi connectivity index (χ2v) is 5.48. The molecule has 0 N–H and O–H groups in total. The Hall–Kier alpha value is -2.50. The van der Waals surface area contributed by atoms with Gasteiger partial charge in [0, 0.05) is 26.3 Å². The average molecular weight is 297 g/mol. The minimum atomic E-state index is -0.206. The molecule has 2 aromatic rings. The lowest BCUT2D eigenvalue weighted by Gasteiger charge is -2.18. The SMILES string of the molecule is Cc1cccnc1N(C)C(=O)c1ccc(N2CCCC2)nn1. The van der Waals surface area contributed by atoms with Gasteiger partial charge in [0.2, 0.25) is 0 Å². The summed E-state index contributed by atoms with van der Waals surface area (Å²) in [7, 11) is 1.70. The molecule has 6 heteroatoms. The Kier molecular flexibility index (Phi) is 4.00. The van der Waals surface area contributed by atoms with Gasteiger partial charge >= 0.3 is 0 Å². The van der Waals surface area contributed by atoms with Crippen LogP contribution in [0, 0.1) is 6.92 Å². The van der Waals surface area contributed by atoms with E-state index in [0.717, 1.165) is 24.5 Å². The lowest BCUT2D eigenvalue weighted by molar-refractivity contribution is 0.0986. The summed E-state index contributed by atoms with van der Waals surface area (Å²) in [5.41, 5.74) is 1.27. The van der Waals surface area contributed by atoms with Gasteiger partial charge in [0.25, 0.3) is 5.91 Å². The van der Waals surface area contributed by atoms with Crippen molar-refractivity contribution in [3.05, 3.63) is 41.7 Å². The van der Waals surface area contributed by atoms with Crippen molar-refractivity contribution in [2.75, 3.05) is 29.9 Å². The zero-order chi connectivity index (χ0) is 15.5. The zero-order valence-corrected chi connectivity index (χ0v) is 12.9. The highest BCUT2D eigenvalue weighted by molar-refractivity contribution is 6.04. The summed E-state index contributed by atoms with van der Waals surface area (Å²) in [6, 6.07) is 7.37. The smallest absolute Gasteiger partial charge is 0.279 e. The molecule has 0 saturated carbocycles. The molecular weight excluding hydrogens is 278 g/mol. The van der Waals surface area contributed by atoms with Crippen molar-refractivity contribution in [3.8, 4) is 0 Å². The average Bonchev–Trinajstić information content (AvgIpc) is 3.09. The normalized spacial score (nSPS) is 14.2. The molecule has 0 unspecified atom stereocenters. The van der Waals surface area contributed by atoms with E-state index in [1.54, 1.807) is 19.3 Å². The molecule has 1 fully saturated rings. The van der Waals surface area contributed by atoms with Gasteiger partial charge < -0.3 is 4.90 Å². The predicted molar refractivity (Wildman–Crippen MR) is 85.2 cm³/mol. The molecule has 1 saturated heterocycles. The Labute approximate surface area is 129 Å². The third-order valence-corrected chi connectivity index (χ3v) is 3.90. The molecule has 2 aromatic heterocycles. The van der Waals surface area contributed by atoms with Crippen LogP contribution in [-0.4, -0.2) is 41.2 Å². The molecule has 3 rings (SSSR count). The van der Waals surface area contributed by atoms with E-state index >= 15 is 0 Å². The molecule has 1 aliphatic heterocycles. The second kappa shape index (κ2) is 6.09. The van der Waals surface area contributed by atoms with Gasteiger partial charge in [-0.3, -0.25) is 9.69 Å². The summed E-state index contributed by atoms with van der Waals surface area (Å²) >= 11 is 0. The maximum absolute atomic E-state index is 12.5. The summed E-state index contributed by atoms with van der Waals surface area (Å²) in [5, 5.41) is 8.28. The number of aromatic nitrogens is 3. The number of amides is 1. The van der Waals surface area contributed by atoms with Gasteiger partial charge in [-0.15, -0.1) is 10.2 Å². The first kappa shape index (κ1) is 14.4. The Morgan fingerprint density at radius 2 is 1.95 bits per heavy atom. The molecule has 0 spiro atoms. The van der Waals surface area contributed by atoms with Crippen LogP contribution in [0.25, 0.3) is 0 Å². The largest absolute Gasteiger partial charge is 0.355 e. The molecule has 114 valence electrons. The van der Waals surface area contributed by atoms with Crippen molar-refractivity contribution < 1.29 is 4.79 Å². The van der Waals surface area contributed by atoms with Crippen LogP contribution in [0.2, 0.25) is 0 Å². The third kappa shape index (κ3) is 2.77. The van der Waals surface area contributed by atoms with Crippen molar-refractivity contribution in [1.82, 2.24) is 15.2 Å². The minimum Gasteiger partial charge on any atom is -0.355 e. The Balaban J connectivity index is 1.78. The number of nitrogens with zero attached hydrogens (tertiary/aromatic N) is 5. The number of aryl methyl sites for hydroxylation is 1. The van der Waals surface area contributed by atoms with Crippen LogP contribution in [0.1, 0.15) is 28.9 Å². The highest BCUT2D eigenvalue weighted by Gasteiger charge is 2.19.